The molecule has 0 bridgehead atoms. The van der Waals surface area contributed by atoms with Gasteiger partial charge in [-0.2, -0.15) is 0 Å². The van der Waals surface area contributed by atoms with Crippen LogP contribution >= 0.6 is 0 Å². The van der Waals surface area contributed by atoms with E-state index in [0.717, 1.165) is 51.4 Å². The Hall–Kier alpha value is -1.97. The number of aliphatic carboxylic acids is 1. The SMILES string of the molecule is CCCCCC/C=C\CCCCCCCC(=O)OC(COC(=O)CCCCCCCCCCCCCCCCCCCCCCCCCCCCCC)COC(OCC[N+](C)(C)C)C(=O)O. The van der Waals surface area contributed by atoms with Gasteiger partial charge in [0, 0.05) is 12.8 Å². The Labute approximate surface area is 408 Å². The van der Waals surface area contributed by atoms with Crippen molar-refractivity contribution < 1.29 is 42.9 Å². The lowest BCUT2D eigenvalue weighted by molar-refractivity contribution is -0.870. The topological polar surface area (TPSA) is 108 Å². The molecule has 0 aromatic rings. The van der Waals surface area contributed by atoms with Crippen molar-refractivity contribution in [1.29, 1.82) is 0 Å². The maximum atomic E-state index is 12.8. The van der Waals surface area contributed by atoms with Crippen molar-refractivity contribution in [3.05, 3.63) is 12.2 Å². The van der Waals surface area contributed by atoms with Crippen molar-refractivity contribution in [3.8, 4) is 0 Å². The molecule has 0 radical (unpaired) electrons. The molecular weight excluding hydrogens is 827 g/mol. The van der Waals surface area contributed by atoms with Crippen molar-refractivity contribution in [2.24, 2.45) is 0 Å². The second kappa shape index (κ2) is 49.5. The van der Waals surface area contributed by atoms with Crippen LogP contribution in [-0.4, -0.2) is 87.4 Å². The molecule has 0 saturated carbocycles. The first kappa shape index (κ1) is 64.0. The summed E-state index contributed by atoms with van der Waals surface area (Å²) >= 11 is 0. The molecule has 0 aromatic heterocycles. The lowest BCUT2D eigenvalue weighted by atomic mass is 10.0. The number of quaternary nitrogens is 1. The van der Waals surface area contributed by atoms with E-state index in [0.29, 0.717) is 23.9 Å². The summed E-state index contributed by atoms with van der Waals surface area (Å²) in [7, 11) is 5.97. The Morgan fingerprint density at radius 2 is 0.773 bits per heavy atom. The fourth-order valence-electron chi connectivity index (χ4n) is 8.36. The zero-order valence-electron chi connectivity index (χ0n) is 44.4. The Kier molecular flexibility index (Phi) is 48.0. The molecule has 0 fully saturated rings. The molecule has 66 heavy (non-hydrogen) atoms. The van der Waals surface area contributed by atoms with Gasteiger partial charge in [0.05, 0.1) is 34.4 Å². The minimum absolute atomic E-state index is 0.179. The van der Waals surface area contributed by atoms with E-state index in [9.17, 15) is 19.5 Å². The van der Waals surface area contributed by atoms with E-state index in [1.165, 1.54) is 193 Å². The molecule has 2 unspecified atom stereocenters. The predicted molar refractivity (Wildman–Crippen MR) is 277 cm³/mol. The van der Waals surface area contributed by atoms with Crippen molar-refractivity contribution in [3.63, 3.8) is 0 Å². The van der Waals surface area contributed by atoms with Crippen LogP contribution < -0.4 is 0 Å². The maximum absolute atomic E-state index is 12.8. The lowest BCUT2D eigenvalue weighted by Crippen LogP contribution is -2.40. The summed E-state index contributed by atoms with van der Waals surface area (Å²) in [5.74, 6) is -2.00. The predicted octanol–water partition coefficient (Wildman–Crippen LogP) is 16.2. The van der Waals surface area contributed by atoms with Gasteiger partial charge in [0.15, 0.2) is 6.10 Å². The third-order valence-corrected chi connectivity index (χ3v) is 12.8. The molecule has 0 saturated heterocycles. The molecule has 0 aliphatic carbocycles. The Morgan fingerprint density at radius 3 is 1.14 bits per heavy atom. The van der Waals surface area contributed by atoms with Crippen LogP contribution in [0.5, 0.6) is 0 Å². The minimum atomic E-state index is -1.51. The zero-order valence-corrected chi connectivity index (χ0v) is 44.4. The summed E-state index contributed by atoms with van der Waals surface area (Å²) in [6, 6.07) is 0. The summed E-state index contributed by atoms with van der Waals surface area (Å²) in [5.41, 5.74) is 0. The third-order valence-electron chi connectivity index (χ3n) is 12.8. The van der Waals surface area contributed by atoms with Gasteiger partial charge in [0.1, 0.15) is 13.2 Å². The Bertz CT molecular complexity index is 1090. The Morgan fingerprint density at radius 1 is 0.439 bits per heavy atom. The number of unbranched alkanes of at least 4 members (excludes halogenated alkanes) is 36. The number of rotatable bonds is 53. The highest BCUT2D eigenvalue weighted by atomic mass is 16.7. The van der Waals surface area contributed by atoms with Crippen LogP contribution in [0.2, 0.25) is 0 Å². The molecule has 0 heterocycles. The van der Waals surface area contributed by atoms with Gasteiger partial charge < -0.3 is 28.5 Å². The van der Waals surface area contributed by atoms with Crippen molar-refractivity contribution >= 4 is 17.9 Å². The third kappa shape index (κ3) is 49.9. The quantitative estimate of drug-likeness (QED) is 0.0211. The highest BCUT2D eigenvalue weighted by Crippen LogP contribution is 2.17. The number of carbonyl (C=O) groups excluding carboxylic acids is 2. The summed E-state index contributed by atoms with van der Waals surface area (Å²) in [5, 5.41) is 9.67. The first-order chi connectivity index (χ1) is 32.1. The summed E-state index contributed by atoms with van der Waals surface area (Å²) in [6.07, 6.45) is 53.0. The second-order valence-electron chi connectivity index (χ2n) is 20.6. The van der Waals surface area contributed by atoms with E-state index in [1.807, 2.05) is 21.1 Å². The molecule has 0 rings (SSSR count). The molecule has 0 aliphatic heterocycles. The molecule has 9 nitrogen and oxygen atoms in total. The van der Waals surface area contributed by atoms with Crippen molar-refractivity contribution in [2.45, 2.75) is 289 Å². The molecule has 1 N–H and O–H groups in total. The largest absolute Gasteiger partial charge is 0.477 e. The number of nitrogens with zero attached hydrogens (tertiary/aromatic N) is 1. The maximum Gasteiger partial charge on any atom is 0.361 e. The average Bonchev–Trinajstić information content (AvgIpc) is 3.28. The van der Waals surface area contributed by atoms with Gasteiger partial charge >= 0.3 is 17.9 Å². The molecule has 390 valence electrons. The van der Waals surface area contributed by atoms with Crippen molar-refractivity contribution in [1.82, 2.24) is 0 Å². The van der Waals surface area contributed by atoms with Crippen LogP contribution in [0.3, 0.4) is 0 Å². The first-order valence-electron chi connectivity index (χ1n) is 28.4. The standard InChI is InChI=1S/C57H109NO8/c1-6-8-10-12-14-16-18-20-21-22-23-24-25-26-27-28-29-30-31-32-33-34-36-37-39-41-43-45-47-54(59)64-51-53(52-65-57(56(61)62)63-50-49-58(3,4)5)66-55(60)48-46-44-42-40-38-35-19-17-15-13-11-9-7-2/h17,19,53,57H,6-16,18,20-52H2,1-5H3/p+1/b19-17-. The van der Waals surface area contributed by atoms with E-state index in [4.69, 9.17) is 18.9 Å². The lowest BCUT2D eigenvalue weighted by Gasteiger charge is -2.25. The van der Waals surface area contributed by atoms with Gasteiger partial charge in [0.25, 0.3) is 6.29 Å². The van der Waals surface area contributed by atoms with Crippen LogP contribution in [0.4, 0.5) is 0 Å². The fraction of sp³-hybridized carbons (Fsp3) is 0.912. The zero-order chi connectivity index (χ0) is 48.4. The van der Waals surface area contributed by atoms with Gasteiger partial charge in [-0.15, -0.1) is 0 Å². The minimum Gasteiger partial charge on any atom is -0.477 e. The molecule has 9 heteroatoms. The summed E-state index contributed by atoms with van der Waals surface area (Å²) in [6.45, 7) is 4.89. The second-order valence-corrected chi connectivity index (χ2v) is 20.6. The van der Waals surface area contributed by atoms with Gasteiger partial charge in [-0.3, -0.25) is 9.59 Å². The summed E-state index contributed by atoms with van der Waals surface area (Å²) < 4.78 is 22.8. The number of carboxylic acid groups (broad SMARTS) is 1. The van der Waals surface area contributed by atoms with Crippen LogP contribution in [0.25, 0.3) is 0 Å². The molecule has 0 spiro atoms. The molecule has 0 aliphatic rings. The van der Waals surface area contributed by atoms with E-state index >= 15 is 0 Å². The number of hydrogen-bond donors (Lipinski definition) is 1. The van der Waals surface area contributed by atoms with Crippen LogP contribution in [0, 0.1) is 0 Å². The van der Waals surface area contributed by atoms with E-state index in [-0.39, 0.29) is 32.2 Å². The molecule has 0 aromatic carbocycles. The van der Waals surface area contributed by atoms with E-state index in [1.54, 1.807) is 0 Å². The van der Waals surface area contributed by atoms with Crippen molar-refractivity contribution in [2.75, 3.05) is 47.5 Å². The summed E-state index contributed by atoms with van der Waals surface area (Å²) in [4.78, 5) is 37.3. The number of hydrogen-bond acceptors (Lipinski definition) is 7. The van der Waals surface area contributed by atoms with Gasteiger partial charge in [-0.1, -0.05) is 238 Å². The van der Waals surface area contributed by atoms with E-state index in [2.05, 4.69) is 26.0 Å². The number of likely N-dealkylation sites (N-methyl/N-ethyl adjacent to an activating group) is 1. The van der Waals surface area contributed by atoms with Gasteiger partial charge in [0.2, 0.25) is 0 Å². The number of allylic oxidation sites excluding steroid dienone is 2. The number of carboxylic acids is 1. The van der Waals surface area contributed by atoms with Gasteiger partial charge in [-0.05, 0) is 38.5 Å². The van der Waals surface area contributed by atoms with Crippen LogP contribution in [0.15, 0.2) is 12.2 Å². The number of esters is 2. The molecular formula is C57H110NO8+. The first-order valence-corrected chi connectivity index (χ1v) is 28.4. The fourth-order valence-corrected chi connectivity index (χ4v) is 8.36. The molecule has 0 amide bonds. The highest BCUT2D eigenvalue weighted by molar-refractivity contribution is 5.71. The van der Waals surface area contributed by atoms with Gasteiger partial charge in [-0.25, -0.2) is 4.79 Å². The monoisotopic (exact) mass is 937 g/mol. The number of carbonyl (C=O) groups is 3. The van der Waals surface area contributed by atoms with Crippen LogP contribution in [-0.2, 0) is 33.3 Å². The smallest absolute Gasteiger partial charge is 0.361 e. The van der Waals surface area contributed by atoms with Crippen LogP contribution in [0.1, 0.15) is 277 Å². The molecule has 2 atom stereocenters. The Balaban J connectivity index is 4.09. The average molecular weight is 938 g/mol. The number of ether oxygens (including phenoxy) is 4. The highest BCUT2D eigenvalue weighted by Gasteiger charge is 2.25. The normalized spacial score (nSPS) is 12.8. The van der Waals surface area contributed by atoms with E-state index < -0.39 is 24.3 Å².